The molecular weight excluding hydrogens is 360 g/mol. The van der Waals surface area contributed by atoms with Crippen LogP contribution < -0.4 is 20.1 Å². The van der Waals surface area contributed by atoms with Gasteiger partial charge in [-0.05, 0) is 36.2 Å². The highest BCUT2D eigenvalue weighted by Crippen LogP contribution is 2.23. The van der Waals surface area contributed by atoms with Crippen LogP contribution in [0.1, 0.15) is 18.9 Å². The maximum atomic E-state index is 12.1. The predicted molar refractivity (Wildman–Crippen MR) is 108 cm³/mol. The number of hydrogen-bond acceptors (Lipinski definition) is 5. The minimum atomic E-state index is -0.810. The Morgan fingerprint density at radius 1 is 1.14 bits per heavy atom. The number of ether oxygens (including phenoxy) is 3. The lowest BCUT2D eigenvalue weighted by Gasteiger charge is -2.15. The largest absolute Gasteiger partial charge is 0.497 e. The number of methoxy groups -OCH3 is 1. The summed E-state index contributed by atoms with van der Waals surface area (Å²) in [6.45, 7) is 3.15. The molecule has 2 rings (SSSR count). The fourth-order valence-corrected chi connectivity index (χ4v) is 2.38. The average Bonchev–Trinajstić information content (AvgIpc) is 2.72. The summed E-state index contributed by atoms with van der Waals surface area (Å²) in [4.78, 5) is 12.1. The summed E-state index contributed by atoms with van der Waals surface area (Å²) in [6.07, 6.45) is 0.0686. The fourth-order valence-electron chi connectivity index (χ4n) is 2.38. The van der Waals surface area contributed by atoms with Crippen LogP contribution in [0.4, 0.5) is 10.5 Å². The Morgan fingerprint density at radius 3 is 2.61 bits per heavy atom. The zero-order valence-corrected chi connectivity index (χ0v) is 16.3. The maximum Gasteiger partial charge on any atom is 0.319 e. The Labute approximate surface area is 165 Å². The first-order valence-corrected chi connectivity index (χ1v) is 9.27. The molecular formula is C21H28N2O5. The van der Waals surface area contributed by atoms with Gasteiger partial charge in [-0.2, -0.15) is 0 Å². The second kappa shape index (κ2) is 11.8. The van der Waals surface area contributed by atoms with E-state index in [1.807, 2.05) is 43.3 Å². The molecule has 0 heterocycles. The first kappa shape index (κ1) is 21.5. The van der Waals surface area contributed by atoms with Crippen LogP contribution in [0.25, 0.3) is 0 Å². The lowest BCUT2D eigenvalue weighted by atomic mass is 10.2. The first-order valence-electron chi connectivity index (χ1n) is 9.27. The third-order valence-electron chi connectivity index (χ3n) is 3.83. The number of urea groups is 1. The molecule has 2 aromatic rings. The smallest absolute Gasteiger partial charge is 0.319 e. The molecule has 1 unspecified atom stereocenters. The molecule has 7 nitrogen and oxygen atoms in total. The molecule has 2 aromatic carbocycles. The van der Waals surface area contributed by atoms with Crippen LogP contribution in [0.2, 0.25) is 0 Å². The van der Waals surface area contributed by atoms with Crippen LogP contribution in [0.3, 0.4) is 0 Å². The van der Waals surface area contributed by atoms with Crippen LogP contribution in [-0.2, 0) is 11.3 Å². The average molecular weight is 388 g/mol. The van der Waals surface area contributed by atoms with Crippen LogP contribution in [-0.4, -0.2) is 44.1 Å². The third kappa shape index (κ3) is 7.46. The Balaban J connectivity index is 1.69. The molecule has 0 aliphatic carbocycles. The van der Waals surface area contributed by atoms with Crippen molar-refractivity contribution in [1.82, 2.24) is 5.32 Å². The lowest BCUT2D eigenvalue weighted by molar-refractivity contribution is 0.0302. The van der Waals surface area contributed by atoms with Crippen molar-refractivity contribution in [3.8, 4) is 11.5 Å². The summed E-state index contributed by atoms with van der Waals surface area (Å²) in [5.74, 6) is 1.39. The van der Waals surface area contributed by atoms with Gasteiger partial charge < -0.3 is 30.0 Å². The Morgan fingerprint density at radius 2 is 1.89 bits per heavy atom. The van der Waals surface area contributed by atoms with Gasteiger partial charge in [0.05, 0.1) is 38.7 Å². The number of benzene rings is 2. The molecule has 0 aliphatic rings. The van der Waals surface area contributed by atoms with Gasteiger partial charge in [0.15, 0.2) is 0 Å². The van der Waals surface area contributed by atoms with E-state index in [-0.39, 0.29) is 13.2 Å². The van der Waals surface area contributed by atoms with Gasteiger partial charge >= 0.3 is 6.03 Å². The van der Waals surface area contributed by atoms with Crippen molar-refractivity contribution >= 4 is 11.7 Å². The molecule has 0 aromatic heterocycles. The van der Waals surface area contributed by atoms with Crippen molar-refractivity contribution in [2.45, 2.75) is 26.1 Å². The van der Waals surface area contributed by atoms with Crippen LogP contribution in [0, 0.1) is 0 Å². The normalized spacial score (nSPS) is 11.5. The number of carbonyl (C=O) groups is 1. The lowest BCUT2D eigenvalue weighted by Crippen LogP contribution is -2.37. The van der Waals surface area contributed by atoms with E-state index in [1.165, 1.54) is 0 Å². The number of aliphatic hydroxyl groups excluding tert-OH is 1. The molecule has 3 N–H and O–H groups in total. The summed E-state index contributed by atoms with van der Waals surface area (Å²) >= 11 is 0. The molecule has 0 aliphatic heterocycles. The van der Waals surface area contributed by atoms with Gasteiger partial charge in [0.2, 0.25) is 0 Å². The van der Waals surface area contributed by atoms with Crippen molar-refractivity contribution < 1.29 is 24.1 Å². The zero-order valence-electron chi connectivity index (χ0n) is 16.3. The van der Waals surface area contributed by atoms with Gasteiger partial charge in [0.1, 0.15) is 11.5 Å². The first-order chi connectivity index (χ1) is 13.6. The van der Waals surface area contributed by atoms with Gasteiger partial charge in [0.25, 0.3) is 0 Å². The van der Waals surface area contributed by atoms with Crippen molar-refractivity contribution in [2.24, 2.45) is 0 Å². The molecule has 1 atom stereocenters. The SMILES string of the molecule is CCCOc1ccccc1NC(=O)NCC(O)COCc1ccc(OC)cc1. The third-order valence-corrected chi connectivity index (χ3v) is 3.83. The number of nitrogens with one attached hydrogen (secondary N) is 2. The molecule has 0 fully saturated rings. The topological polar surface area (TPSA) is 89.1 Å². The van der Waals surface area contributed by atoms with Gasteiger partial charge in [0, 0.05) is 6.54 Å². The van der Waals surface area contributed by atoms with Gasteiger partial charge in [-0.15, -0.1) is 0 Å². The van der Waals surface area contributed by atoms with E-state index < -0.39 is 12.1 Å². The van der Waals surface area contributed by atoms with Gasteiger partial charge in [-0.1, -0.05) is 31.2 Å². The number of rotatable bonds is 11. The minimum Gasteiger partial charge on any atom is -0.497 e. The van der Waals surface area contributed by atoms with E-state index in [9.17, 15) is 9.90 Å². The predicted octanol–water partition coefficient (Wildman–Crippen LogP) is 3.18. The van der Waals surface area contributed by atoms with Gasteiger partial charge in [-0.25, -0.2) is 4.79 Å². The van der Waals surface area contributed by atoms with Crippen molar-refractivity contribution in [2.75, 3.05) is 32.2 Å². The quantitative estimate of drug-likeness (QED) is 0.550. The summed E-state index contributed by atoms with van der Waals surface area (Å²) in [5.41, 5.74) is 1.56. The molecule has 0 spiro atoms. The van der Waals surface area contributed by atoms with E-state index >= 15 is 0 Å². The Bertz CT molecular complexity index is 721. The number of amides is 2. The second-order valence-corrected chi connectivity index (χ2v) is 6.20. The fraction of sp³-hybridized carbons (Fsp3) is 0.381. The number of carbonyl (C=O) groups excluding carboxylic acids is 1. The van der Waals surface area contributed by atoms with E-state index in [0.29, 0.717) is 24.7 Å². The van der Waals surface area contributed by atoms with Crippen LogP contribution >= 0.6 is 0 Å². The van der Waals surface area contributed by atoms with E-state index in [1.54, 1.807) is 19.2 Å². The molecule has 152 valence electrons. The Hall–Kier alpha value is -2.77. The standard InChI is InChI=1S/C21H28N2O5/c1-3-12-28-20-7-5-4-6-19(20)23-21(25)22-13-17(24)15-27-14-16-8-10-18(26-2)11-9-16/h4-11,17,24H,3,12-15H2,1-2H3,(H2,22,23,25). The van der Waals surface area contributed by atoms with Crippen LogP contribution in [0.5, 0.6) is 11.5 Å². The van der Waals surface area contributed by atoms with Crippen molar-refractivity contribution in [1.29, 1.82) is 0 Å². The van der Waals surface area contributed by atoms with Gasteiger partial charge in [-0.3, -0.25) is 0 Å². The minimum absolute atomic E-state index is 0.0758. The summed E-state index contributed by atoms with van der Waals surface area (Å²) in [5, 5.41) is 15.3. The van der Waals surface area contributed by atoms with E-state index in [4.69, 9.17) is 14.2 Å². The van der Waals surface area contributed by atoms with Crippen molar-refractivity contribution in [3.05, 3.63) is 54.1 Å². The highest BCUT2D eigenvalue weighted by atomic mass is 16.5. The summed E-state index contributed by atoms with van der Waals surface area (Å²) in [7, 11) is 1.61. The van der Waals surface area contributed by atoms with Crippen molar-refractivity contribution in [3.63, 3.8) is 0 Å². The molecule has 0 radical (unpaired) electrons. The second-order valence-electron chi connectivity index (χ2n) is 6.20. The molecule has 28 heavy (non-hydrogen) atoms. The number of anilines is 1. The molecule has 0 bridgehead atoms. The van der Waals surface area contributed by atoms with E-state index in [2.05, 4.69) is 10.6 Å². The maximum absolute atomic E-state index is 12.1. The summed E-state index contributed by atoms with van der Waals surface area (Å²) < 4.78 is 16.2. The highest BCUT2D eigenvalue weighted by molar-refractivity contribution is 5.90. The molecule has 2 amide bonds. The zero-order chi connectivity index (χ0) is 20.2. The molecule has 0 saturated heterocycles. The van der Waals surface area contributed by atoms with Crippen LogP contribution in [0.15, 0.2) is 48.5 Å². The monoisotopic (exact) mass is 388 g/mol. The number of para-hydroxylation sites is 2. The number of aliphatic hydroxyl groups is 1. The Kier molecular flexibility index (Phi) is 9.10. The molecule has 0 saturated carbocycles. The highest BCUT2D eigenvalue weighted by Gasteiger charge is 2.10. The summed E-state index contributed by atoms with van der Waals surface area (Å²) in [6, 6.07) is 14.3. The number of hydrogen-bond donors (Lipinski definition) is 3. The molecule has 7 heteroatoms. The van der Waals surface area contributed by atoms with E-state index in [0.717, 1.165) is 17.7 Å².